The van der Waals surface area contributed by atoms with Crippen molar-refractivity contribution < 1.29 is 0 Å². The van der Waals surface area contributed by atoms with E-state index in [0.29, 0.717) is 6.54 Å². The highest BCUT2D eigenvalue weighted by Gasteiger charge is 1.99. The molecule has 1 aromatic carbocycles. The summed E-state index contributed by atoms with van der Waals surface area (Å²) in [4.78, 5) is 13.1. The lowest BCUT2D eigenvalue weighted by Gasteiger charge is -2.06. The van der Waals surface area contributed by atoms with Gasteiger partial charge in [-0.2, -0.15) is 0 Å². The van der Waals surface area contributed by atoms with Gasteiger partial charge < -0.3 is 5.32 Å². The standard InChI is InChI=1S/C15H14N4/c1-11-6-7-12(8-16-11)9-18-15-10-17-13-4-2-3-5-14(13)19-15/h2-8,10H,9H2,1H3,(H,18,19). The fourth-order valence-electron chi connectivity index (χ4n) is 1.84. The van der Waals surface area contributed by atoms with E-state index in [2.05, 4.69) is 26.3 Å². The minimum atomic E-state index is 0.695. The molecule has 4 heteroatoms. The zero-order valence-corrected chi connectivity index (χ0v) is 10.7. The van der Waals surface area contributed by atoms with E-state index < -0.39 is 0 Å². The van der Waals surface area contributed by atoms with Gasteiger partial charge in [0.2, 0.25) is 0 Å². The van der Waals surface area contributed by atoms with Crippen molar-refractivity contribution in [3.63, 3.8) is 0 Å². The summed E-state index contributed by atoms with van der Waals surface area (Å²) >= 11 is 0. The summed E-state index contributed by atoms with van der Waals surface area (Å²) < 4.78 is 0. The topological polar surface area (TPSA) is 50.7 Å². The molecular formula is C15H14N4. The third-order valence-corrected chi connectivity index (χ3v) is 2.89. The van der Waals surface area contributed by atoms with E-state index in [4.69, 9.17) is 0 Å². The van der Waals surface area contributed by atoms with Crippen LogP contribution in [0, 0.1) is 6.92 Å². The predicted octanol–water partition coefficient (Wildman–Crippen LogP) is 2.95. The number of benzene rings is 1. The van der Waals surface area contributed by atoms with Gasteiger partial charge in [-0.3, -0.25) is 9.97 Å². The molecule has 0 spiro atoms. The van der Waals surface area contributed by atoms with Gasteiger partial charge in [0, 0.05) is 18.4 Å². The molecule has 0 saturated heterocycles. The second-order valence-electron chi connectivity index (χ2n) is 4.41. The van der Waals surface area contributed by atoms with Crippen LogP contribution in [0.3, 0.4) is 0 Å². The third-order valence-electron chi connectivity index (χ3n) is 2.89. The number of aryl methyl sites for hydroxylation is 1. The lowest BCUT2D eigenvalue weighted by molar-refractivity contribution is 1.07. The molecule has 1 N–H and O–H groups in total. The minimum absolute atomic E-state index is 0.695. The molecule has 0 atom stereocenters. The summed E-state index contributed by atoms with van der Waals surface area (Å²) in [5.74, 6) is 0.777. The van der Waals surface area contributed by atoms with Crippen LogP contribution in [0.2, 0.25) is 0 Å². The largest absolute Gasteiger partial charge is 0.365 e. The van der Waals surface area contributed by atoms with E-state index in [1.807, 2.05) is 43.5 Å². The molecule has 2 aromatic heterocycles. The number of rotatable bonds is 3. The van der Waals surface area contributed by atoms with E-state index >= 15 is 0 Å². The van der Waals surface area contributed by atoms with Crippen LogP contribution in [0.25, 0.3) is 11.0 Å². The molecule has 0 bridgehead atoms. The fraction of sp³-hybridized carbons (Fsp3) is 0.133. The van der Waals surface area contributed by atoms with Crippen LogP contribution in [0.5, 0.6) is 0 Å². The second kappa shape index (κ2) is 5.02. The highest BCUT2D eigenvalue weighted by atomic mass is 15.0. The molecule has 4 nitrogen and oxygen atoms in total. The molecule has 0 amide bonds. The van der Waals surface area contributed by atoms with Crippen molar-refractivity contribution in [3.8, 4) is 0 Å². The first-order chi connectivity index (χ1) is 9.31. The highest BCUT2D eigenvalue weighted by Crippen LogP contribution is 2.12. The quantitative estimate of drug-likeness (QED) is 0.776. The third kappa shape index (κ3) is 2.68. The molecule has 0 radical (unpaired) electrons. The Labute approximate surface area is 111 Å². The van der Waals surface area contributed by atoms with Gasteiger partial charge in [-0.25, -0.2) is 4.98 Å². The summed E-state index contributed by atoms with van der Waals surface area (Å²) in [6.45, 7) is 2.67. The van der Waals surface area contributed by atoms with Crippen LogP contribution in [0.15, 0.2) is 48.8 Å². The maximum absolute atomic E-state index is 4.51. The molecule has 19 heavy (non-hydrogen) atoms. The Hall–Kier alpha value is -2.49. The Balaban J connectivity index is 1.76. The maximum atomic E-state index is 4.51. The summed E-state index contributed by atoms with van der Waals surface area (Å²) in [7, 11) is 0. The Morgan fingerprint density at radius 2 is 1.79 bits per heavy atom. The van der Waals surface area contributed by atoms with Crippen molar-refractivity contribution in [2.75, 3.05) is 5.32 Å². The zero-order valence-electron chi connectivity index (χ0n) is 10.7. The number of aromatic nitrogens is 3. The molecular weight excluding hydrogens is 236 g/mol. The Kier molecular flexibility index (Phi) is 3.06. The lowest BCUT2D eigenvalue weighted by atomic mass is 10.2. The number of pyridine rings is 1. The number of hydrogen-bond donors (Lipinski definition) is 1. The summed E-state index contributed by atoms with van der Waals surface area (Å²) in [6.07, 6.45) is 3.63. The Bertz CT molecular complexity index is 692. The van der Waals surface area contributed by atoms with Gasteiger partial charge >= 0.3 is 0 Å². The molecule has 2 heterocycles. The van der Waals surface area contributed by atoms with Crippen molar-refractivity contribution in [2.45, 2.75) is 13.5 Å². The van der Waals surface area contributed by atoms with Crippen molar-refractivity contribution in [3.05, 3.63) is 60.0 Å². The predicted molar refractivity (Wildman–Crippen MR) is 75.8 cm³/mol. The molecule has 0 aliphatic carbocycles. The number of nitrogens with zero attached hydrogens (tertiary/aromatic N) is 3. The number of hydrogen-bond acceptors (Lipinski definition) is 4. The van der Waals surface area contributed by atoms with Gasteiger partial charge in [0.05, 0.1) is 17.2 Å². The average molecular weight is 250 g/mol. The average Bonchev–Trinajstić information content (AvgIpc) is 2.46. The number of nitrogens with one attached hydrogen (secondary N) is 1. The first-order valence-electron chi connectivity index (χ1n) is 6.18. The van der Waals surface area contributed by atoms with Crippen LogP contribution < -0.4 is 5.32 Å². The summed E-state index contributed by atoms with van der Waals surface area (Å²) in [5, 5.41) is 3.26. The number of para-hydroxylation sites is 2. The SMILES string of the molecule is Cc1ccc(CNc2cnc3ccccc3n2)cn1. The van der Waals surface area contributed by atoms with Crippen molar-refractivity contribution in [1.29, 1.82) is 0 Å². The van der Waals surface area contributed by atoms with Gasteiger partial charge in [-0.1, -0.05) is 18.2 Å². The van der Waals surface area contributed by atoms with Crippen molar-refractivity contribution in [1.82, 2.24) is 15.0 Å². The van der Waals surface area contributed by atoms with E-state index in [1.165, 1.54) is 0 Å². The van der Waals surface area contributed by atoms with Crippen molar-refractivity contribution in [2.24, 2.45) is 0 Å². The van der Waals surface area contributed by atoms with Gasteiger partial charge in [-0.05, 0) is 30.7 Å². The van der Waals surface area contributed by atoms with Crippen LogP contribution in [0.1, 0.15) is 11.3 Å². The zero-order chi connectivity index (χ0) is 13.1. The molecule has 0 unspecified atom stereocenters. The number of fused-ring (bicyclic) bond motifs is 1. The van der Waals surface area contributed by atoms with Crippen molar-refractivity contribution >= 4 is 16.9 Å². The number of anilines is 1. The normalized spacial score (nSPS) is 10.6. The molecule has 94 valence electrons. The molecule has 3 aromatic rings. The van der Waals surface area contributed by atoms with Crippen LogP contribution >= 0.6 is 0 Å². The lowest BCUT2D eigenvalue weighted by Crippen LogP contribution is -2.02. The fourth-order valence-corrected chi connectivity index (χ4v) is 1.84. The maximum Gasteiger partial charge on any atom is 0.145 e. The van der Waals surface area contributed by atoms with E-state index in [0.717, 1.165) is 28.1 Å². The molecule has 0 aliphatic heterocycles. The van der Waals surface area contributed by atoms with E-state index in [9.17, 15) is 0 Å². The smallest absolute Gasteiger partial charge is 0.145 e. The Morgan fingerprint density at radius 1 is 0.947 bits per heavy atom. The first kappa shape index (κ1) is 11.6. The summed E-state index contributed by atoms with van der Waals surface area (Å²) in [5.41, 5.74) is 3.95. The highest BCUT2D eigenvalue weighted by molar-refractivity contribution is 5.75. The van der Waals surface area contributed by atoms with E-state index in [1.54, 1.807) is 6.20 Å². The van der Waals surface area contributed by atoms with Crippen LogP contribution in [-0.2, 0) is 6.54 Å². The second-order valence-corrected chi connectivity index (χ2v) is 4.41. The van der Waals surface area contributed by atoms with Crippen LogP contribution in [-0.4, -0.2) is 15.0 Å². The van der Waals surface area contributed by atoms with Crippen LogP contribution in [0.4, 0.5) is 5.82 Å². The molecule has 0 saturated carbocycles. The first-order valence-corrected chi connectivity index (χ1v) is 6.18. The monoisotopic (exact) mass is 250 g/mol. The summed E-state index contributed by atoms with van der Waals surface area (Å²) in [6, 6.07) is 11.9. The molecule has 0 aliphatic rings. The Morgan fingerprint density at radius 3 is 2.58 bits per heavy atom. The van der Waals surface area contributed by atoms with Gasteiger partial charge in [0.25, 0.3) is 0 Å². The minimum Gasteiger partial charge on any atom is -0.365 e. The molecule has 0 fully saturated rings. The van der Waals surface area contributed by atoms with Gasteiger partial charge in [0.1, 0.15) is 5.82 Å². The van der Waals surface area contributed by atoms with E-state index in [-0.39, 0.29) is 0 Å². The molecule has 3 rings (SSSR count). The van der Waals surface area contributed by atoms with Gasteiger partial charge in [-0.15, -0.1) is 0 Å². The van der Waals surface area contributed by atoms with Gasteiger partial charge in [0.15, 0.2) is 0 Å².